The first kappa shape index (κ1) is 31.4. The molecule has 2 aromatic carbocycles. The van der Waals surface area contributed by atoms with Crippen LogP contribution in [0.4, 0.5) is 8.78 Å². The highest BCUT2D eigenvalue weighted by molar-refractivity contribution is 7.89. The molecule has 3 N–H and O–H groups in total. The van der Waals surface area contributed by atoms with Gasteiger partial charge in [0.05, 0.1) is 11.7 Å². The fourth-order valence-corrected chi connectivity index (χ4v) is 7.20. The third-order valence-electron chi connectivity index (χ3n) is 9.40. The number of rotatable bonds is 9. The first-order chi connectivity index (χ1) is 20.1. The molecule has 0 bridgehead atoms. The molecule has 1 heterocycles. The smallest absolute Gasteiger partial charge is 0.259 e. The molecule has 2 saturated carbocycles. The Morgan fingerprint density at radius 1 is 1.14 bits per heavy atom. The number of amides is 2. The highest BCUT2D eigenvalue weighted by Gasteiger charge is 2.55. The van der Waals surface area contributed by atoms with E-state index in [4.69, 9.17) is 4.74 Å². The van der Waals surface area contributed by atoms with Gasteiger partial charge in [-0.2, -0.15) is 0 Å². The zero-order valence-corrected chi connectivity index (χ0v) is 26.0. The minimum absolute atomic E-state index is 0.0349. The Balaban J connectivity index is 1.37. The fourth-order valence-electron chi connectivity index (χ4n) is 6.61. The molecule has 3 aliphatic rings. The molecule has 234 valence electrons. The maximum absolute atomic E-state index is 15.5. The SMILES string of the molecule is CCc1c(F)cccc1-c1cc(C(C)(C)C(=O)NS(C)(=O)=O)ccc1O[C@@H]1CC[C@@H](NC(=O)[C@@]2(F)CNC3(CCC3)C2)C1. The van der Waals surface area contributed by atoms with Crippen molar-refractivity contribution in [2.45, 2.75) is 101 Å². The Kier molecular flexibility index (Phi) is 8.37. The lowest BCUT2D eigenvalue weighted by Gasteiger charge is -2.38. The van der Waals surface area contributed by atoms with Gasteiger partial charge in [0.15, 0.2) is 0 Å². The van der Waals surface area contributed by atoms with Gasteiger partial charge in [0.2, 0.25) is 21.6 Å². The van der Waals surface area contributed by atoms with Crippen molar-refractivity contribution < 1.29 is 31.5 Å². The van der Waals surface area contributed by atoms with E-state index in [-0.39, 0.29) is 36.5 Å². The molecule has 11 heteroatoms. The third-order valence-corrected chi connectivity index (χ3v) is 9.96. The second-order valence-electron chi connectivity index (χ2n) is 13.0. The molecule has 1 spiro atoms. The molecular formula is C32H41F2N3O5S. The third kappa shape index (κ3) is 6.43. The van der Waals surface area contributed by atoms with Crippen molar-refractivity contribution in [2.75, 3.05) is 12.8 Å². The van der Waals surface area contributed by atoms with E-state index in [1.165, 1.54) is 6.07 Å². The minimum Gasteiger partial charge on any atom is -0.490 e. The van der Waals surface area contributed by atoms with Gasteiger partial charge in [0.25, 0.3) is 5.91 Å². The molecule has 43 heavy (non-hydrogen) atoms. The lowest BCUT2D eigenvalue weighted by molar-refractivity contribution is -0.133. The molecule has 2 amide bonds. The van der Waals surface area contributed by atoms with Crippen LogP contribution in [-0.4, -0.2) is 56.4 Å². The molecule has 1 aliphatic heterocycles. The summed E-state index contributed by atoms with van der Waals surface area (Å²) >= 11 is 0. The second kappa shape index (κ2) is 11.5. The van der Waals surface area contributed by atoms with Crippen molar-refractivity contribution in [1.29, 1.82) is 0 Å². The van der Waals surface area contributed by atoms with Gasteiger partial charge in [-0.3, -0.25) is 14.3 Å². The Hall–Kier alpha value is -3.05. The number of hydrogen-bond acceptors (Lipinski definition) is 6. The average molecular weight is 618 g/mol. The molecule has 1 saturated heterocycles. The van der Waals surface area contributed by atoms with Crippen LogP contribution >= 0.6 is 0 Å². The number of sulfonamides is 1. The molecule has 2 aromatic rings. The van der Waals surface area contributed by atoms with Gasteiger partial charge in [-0.25, -0.2) is 17.2 Å². The number of carbonyl (C=O) groups is 2. The highest BCUT2D eigenvalue weighted by Crippen LogP contribution is 2.44. The summed E-state index contributed by atoms with van der Waals surface area (Å²) in [6.07, 6.45) is 5.89. The quantitative estimate of drug-likeness (QED) is 0.383. The van der Waals surface area contributed by atoms with Gasteiger partial charge in [-0.15, -0.1) is 0 Å². The van der Waals surface area contributed by atoms with E-state index >= 15 is 4.39 Å². The van der Waals surface area contributed by atoms with Crippen LogP contribution in [0, 0.1) is 5.82 Å². The van der Waals surface area contributed by atoms with E-state index in [9.17, 15) is 22.4 Å². The molecule has 3 atom stereocenters. The molecule has 0 aromatic heterocycles. The lowest BCUT2D eigenvalue weighted by Crippen LogP contribution is -2.49. The summed E-state index contributed by atoms with van der Waals surface area (Å²) in [5.41, 5.74) is -1.17. The van der Waals surface area contributed by atoms with Crippen LogP contribution in [0.15, 0.2) is 36.4 Å². The van der Waals surface area contributed by atoms with Crippen LogP contribution in [0.3, 0.4) is 0 Å². The molecule has 2 aliphatic carbocycles. The van der Waals surface area contributed by atoms with Crippen LogP contribution in [0.25, 0.3) is 11.1 Å². The normalized spacial score (nSPS) is 24.9. The van der Waals surface area contributed by atoms with Crippen molar-refractivity contribution in [3.63, 3.8) is 0 Å². The number of halogens is 2. The van der Waals surface area contributed by atoms with E-state index in [1.54, 1.807) is 44.2 Å². The maximum Gasteiger partial charge on any atom is 0.259 e. The van der Waals surface area contributed by atoms with Crippen molar-refractivity contribution in [3.8, 4) is 16.9 Å². The Labute approximate surface area is 252 Å². The zero-order valence-electron chi connectivity index (χ0n) is 25.2. The molecular weight excluding hydrogens is 576 g/mol. The predicted octanol–water partition coefficient (Wildman–Crippen LogP) is 4.45. The first-order valence-electron chi connectivity index (χ1n) is 15.0. The van der Waals surface area contributed by atoms with E-state index < -0.39 is 32.9 Å². The van der Waals surface area contributed by atoms with Crippen LogP contribution in [0.1, 0.15) is 76.8 Å². The average Bonchev–Trinajstić information content (AvgIpc) is 3.52. The summed E-state index contributed by atoms with van der Waals surface area (Å²) in [4.78, 5) is 25.9. The second-order valence-corrected chi connectivity index (χ2v) is 14.8. The van der Waals surface area contributed by atoms with Crippen molar-refractivity contribution >= 4 is 21.8 Å². The summed E-state index contributed by atoms with van der Waals surface area (Å²) in [7, 11) is -3.78. The minimum atomic E-state index is -3.78. The van der Waals surface area contributed by atoms with Crippen LogP contribution in [0.2, 0.25) is 0 Å². The summed E-state index contributed by atoms with van der Waals surface area (Å²) in [5, 5.41) is 6.15. The Bertz CT molecular complexity index is 1520. The number of ether oxygens (including phenoxy) is 1. The molecule has 8 nitrogen and oxygen atoms in total. The molecule has 0 radical (unpaired) electrons. The summed E-state index contributed by atoms with van der Waals surface area (Å²) in [5.74, 6) is -1.14. The van der Waals surface area contributed by atoms with Gasteiger partial charge >= 0.3 is 0 Å². The van der Waals surface area contributed by atoms with Crippen molar-refractivity contribution in [3.05, 3.63) is 53.3 Å². The standard InChI is InChI=1S/C32H41F2N3O5S/c1-5-23-24(8-6-9-26(23)33)25-16-20(30(2,3)28(38)37-43(4,40)41)10-13-27(25)42-22-12-11-21(17-22)36-29(39)32(34)18-31(35-19-32)14-7-15-31/h6,8-10,13,16,21-22,35H,5,7,11-12,14-15,17-19H2,1-4H3,(H,36,39)(H,37,38)/t21-,22-,32+/m1/s1. The predicted molar refractivity (Wildman–Crippen MR) is 160 cm³/mol. The lowest BCUT2D eigenvalue weighted by atomic mass is 9.74. The van der Waals surface area contributed by atoms with Crippen LogP contribution in [0.5, 0.6) is 5.75 Å². The zero-order chi connectivity index (χ0) is 31.2. The van der Waals surface area contributed by atoms with Crippen molar-refractivity contribution in [2.24, 2.45) is 0 Å². The topological polar surface area (TPSA) is 114 Å². The number of hydrogen-bond donors (Lipinski definition) is 3. The number of carbonyl (C=O) groups excluding carboxylic acids is 2. The molecule has 3 fully saturated rings. The highest BCUT2D eigenvalue weighted by atomic mass is 32.2. The van der Waals surface area contributed by atoms with Gasteiger partial charge in [0.1, 0.15) is 17.7 Å². The van der Waals surface area contributed by atoms with Crippen LogP contribution in [-0.2, 0) is 31.4 Å². The maximum atomic E-state index is 15.5. The number of alkyl halides is 1. The van der Waals surface area contributed by atoms with Crippen molar-refractivity contribution in [1.82, 2.24) is 15.4 Å². The summed E-state index contributed by atoms with van der Waals surface area (Å²) < 4.78 is 62.5. The van der Waals surface area contributed by atoms with Gasteiger partial charge in [-0.05, 0) is 87.3 Å². The Morgan fingerprint density at radius 3 is 2.51 bits per heavy atom. The van der Waals surface area contributed by atoms with Gasteiger partial charge < -0.3 is 15.4 Å². The number of nitrogens with one attached hydrogen (secondary N) is 3. The number of benzene rings is 2. The molecule has 0 unspecified atom stereocenters. The Morgan fingerprint density at radius 2 is 1.88 bits per heavy atom. The summed E-state index contributed by atoms with van der Waals surface area (Å²) in [6.45, 7) is 5.12. The van der Waals surface area contributed by atoms with Crippen LogP contribution < -0.4 is 20.1 Å². The van der Waals surface area contributed by atoms with E-state index in [0.29, 0.717) is 53.7 Å². The van der Waals surface area contributed by atoms with Gasteiger partial charge in [-0.1, -0.05) is 25.1 Å². The largest absolute Gasteiger partial charge is 0.490 e. The fraction of sp³-hybridized carbons (Fsp3) is 0.562. The first-order valence-corrected chi connectivity index (χ1v) is 16.9. The van der Waals surface area contributed by atoms with E-state index in [0.717, 1.165) is 25.5 Å². The summed E-state index contributed by atoms with van der Waals surface area (Å²) in [6, 6.07) is 9.73. The van der Waals surface area contributed by atoms with Gasteiger partial charge in [0, 0.05) is 36.5 Å². The van der Waals surface area contributed by atoms with E-state index in [1.807, 2.05) is 6.92 Å². The monoisotopic (exact) mass is 617 g/mol. The molecule has 5 rings (SSSR count). The van der Waals surface area contributed by atoms with E-state index in [2.05, 4.69) is 15.4 Å².